The molecule has 2 aliphatic heterocycles. The highest BCUT2D eigenvalue weighted by molar-refractivity contribution is 5.84. The van der Waals surface area contributed by atoms with E-state index in [9.17, 15) is 4.79 Å². The van der Waals surface area contributed by atoms with Crippen molar-refractivity contribution in [1.82, 2.24) is 10.2 Å². The lowest BCUT2D eigenvalue weighted by molar-refractivity contribution is -0.155. The number of carbonyl (C=O) groups is 1. The molecule has 0 aromatic carbocycles. The predicted molar refractivity (Wildman–Crippen MR) is 42.2 cm³/mol. The SMILES string of the molecule is CN1C(=O)CC12CCNCC2. The van der Waals surface area contributed by atoms with Gasteiger partial charge in [0.1, 0.15) is 0 Å². The number of likely N-dealkylation sites (tertiary alicyclic amines) is 1. The Bertz CT molecular complexity index is 185. The zero-order valence-corrected chi connectivity index (χ0v) is 6.89. The third-order valence-electron chi connectivity index (χ3n) is 3.10. The van der Waals surface area contributed by atoms with Gasteiger partial charge in [-0.1, -0.05) is 0 Å². The fourth-order valence-electron chi connectivity index (χ4n) is 2.10. The van der Waals surface area contributed by atoms with Gasteiger partial charge in [-0.25, -0.2) is 0 Å². The van der Waals surface area contributed by atoms with E-state index >= 15 is 0 Å². The summed E-state index contributed by atoms with van der Waals surface area (Å²) in [4.78, 5) is 12.9. The average molecular weight is 154 g/mol. The minimum absolute atomic E-state index is 0.252. The van der Waals surface area contributed by atoms with Crippen molar-refractivity contribution in [3.63, 3.8) is 0 Å². The van der Waals surface area contributed by atoms with Crippen molar-refractivity contribution in [3.8, 4) is 0 Å². The summed E-state index contributed by atoms with van der Waals surface area (Å²) in [6.45, 7) is 2.13. The van der Waals surface area contributed by atoms with Crippen molar-refractivity contribution in [1.29, 1.82) is 0 Å². The number of nitrogens with one attached hydrogen (secondary N) is 1. The van der Waals surface area contributed by atoms with Crippen molar-refractivity contribution >= 4 is 5.91 Å². The van der Waals surface area contributed by atoms with Crippen molar-refractivity contribution in [2.75, 3.05) is 20.1 Å². The Labute approximate surface area is 66.8 Å². The third kappa shape index (κ3) is 0.872. The number of piperidine rings is 1. The first kappa shape index (κ1) is 7.10. The van der Waals surface area contributed by atoms with Gasteiger partial charge in [-0.15, -0.1) is 0 Å². The van der Waals surface area contributed by atoms with Crippen LogP contribution in [-0.2, 0) is 4.79 Å². The van der Waals surface area contributed by atoms with Crippen LogP contribution in [0.2, 0.25) is 0 Å². The number of β-lactam (4-membered cyclic amide) rings is 1. The quantitative estimate of drug-likeness (QED) is 0.497. The highest BCUT2D eigenvalue weighted by atomic mass is 16.2. The monoisotopic (exact) mass is 154 g/mol. The van der Waals surface area contributed by atoms with E-state index in [0.717, 1.165) is 32.4 Å². The summed E-state index contributed by atoms with van der Waals surface area (Å²) in [5.41, 5.74) is 0.252. The standard InChI is InChI=1S/C8H14N2O/c1-10-7(11)6-8(10)2-4-9-5-3-8/h9H,2-6H2,1H3. The molecule has 0 aromatic rings. The first-order valence-electron chi connectivity index (χ1n) is 4.22. The molecule has 2 saturated heterocycles. The molecule has 0 radical (unpaired) electrons. The molecule has 0 aliphatic carbocycles. The molecule has 0 bridgehead atoms. The van der Waals surface area contributed by atoms with Gasteiger partial charge in [0, 0.05) is 7.05 Å². The minimum Gasteiger partial charge on any atom is -0.339 e. The molecule has 2 fully saturated rings. The highest BCUT2D eigenvalue weighted by Gasteiger charge is 2.48. The Morgan fingerprint density at radius 1 is 1.45 bits per heavy atom. The zero-order valence-electron chi connectivity index (χ0n) is 6.89. The van der Waals surface area contributed by atoms with Gasteiger partial charge in [0.2, 0.25) is 5.91 Å². The molecular formula is C8H14N2O. The van der Waals surface area contributed by atoms with Gasteiger partial charge >= 0.3 is 0 Å². The molecule has 1 spiro atoms. The Balaban J connectivity index is 2.05. The zero-order chi connectivity index (χ0) is 7.90. The molecule has 11 heavy (non-hydrogen) atoms. The van der Waals surface area contributed by atoms with Crippen LogP contribution in [0.4, 0.5) is 0 Å². The van der Waals surface area contributed by atoms with Crippen LogP contribution in [-0.4, -0.2) is 36.5 Å². The number of nitrogens with zero attached hydrogens (tertiary/aromatic N) is 1. The van der Waals surface area contributed by atoms with Crippen LogP contribution in [0, 0.1) is 0 Å². The van der Waals surface area contributed by atoms with Crippen molar-refractivity contribution < 1.29 is 4.79 Å². The summed E-state index contributed by atoms with van der Waals surface area (Å²) in [7, 11) is 1.93. The Kier molecular flexibility index (Phi) is 1.42. The summed E-state index contributed by atoms with van der Waals surface area (Å²) >= 11 is 0. The average Bonchev–Trinajstić information content (AvgIpc) is 2.06. The lowest BCUT2D eigenvalue weighted by atomic mass is 9.77. The van der Waals surface area contributed by atoms with Crippen molar-refractivity contribution in [3.05, 3.63) is 0 Å². The van der Waals surface area contributed by atoms with E-state index in [2.05, 4.69) is 5.32 Å². The second kappa shape index (κ2) is 2.21. The Morgan fingerprint density at radius 3 is 2.55 bits per heavy atom. The van der Waals surface area contributed by atoms with E-state index < -0.39 is 0 Å². The summed E-state index contributed by atoms with van der Waals surface area (Å²) < 4.78 is 0. The number of hydrogen-bond donors (Lipinski definition) is 1. The molecule has 0 unspecified atom stereocenters. The maximum absolute atomic E-state index is 11.0. The highest BCUT2D eigenvalue weighted by Crippen LogP contribution is 2.37. The van der Waals surface area contributed by atoms with Crippen LogP contribution in [0.3, 0.4) is 0 Å². The van der Waals surface area contributed by atoms with Crippen LogP contribution in [0.1, 0.15) is 19.3 Å². The number of amides is 1. The van der Waals surface area contributed by atoms with Gasteiger partial charge in [0.15, 0.2) is 0 Å². The first-order valence-corrected chi connectivity index (χ1v) is 4.22. The van der Waals surface area contributed by atoms with Crippen LogP contribution in [0.5, 0.6) is 0 Å². The smallest absolute Gasteiger partial charge is 0.225 e. The predicted octanol–water partition coefficient (Wildman–Crippen LogP) is -0.0293. The molecule has 62 valence electrons. The molecule has 0 saturated carbocycles. The fourth-order valence-corrected chi connectivity index (χ4v) is 2.10. The van der Waals surface area contributed by atoms with Gasteiger partial charge in [-0.05, 0) is 25.9 Å². The fraction of sp³-hybridized carbons (Fsp3) is 0.875. The van der Waals surface area contributed by atoms with Gasteiger partial charge in [-0.3, -0.25) is 4.79 Å². The summed E-state index contributed by atoms with van der Waals surface area (Å²) in [5.74, 6) is 0.312. The molecule has 0 atom stereocenters. The number of carbonyl (C=O) groups excluding carboxylic acids is 1. The van der Waals surface area contributed by atoms with E-state index in [1.165, 1.54) is 0 Å². The Hall–Kier alpha value is -0.570. The molecular weight excluding hydrogens is 140 g/mol. The normalized spacial score (nSPS) is 28.8. The molecule has 1 amide bonds. The lowest BCUT2D eigenvalue weighted by Crippen LogP contribution is -2.64. The second-order valence-corrected chi connectivity index (χ2v) is 3.60. The van der Waals surface area contributed by atoms with Gasteiger partial charge < -0.3 is 10.2 Å². The van der Waals surface area contributed by atoms with Crippen LogP contribution >= 0.6 is 0 Å². The van der Waals surface area contributed by atoms with Crippen LogP contribution in [0.15, 0.2) is 0 Å². The van der Waals surface area contributed by atoms with E-state index in [1.807, 2.05) is 11.9 Å². The molecule has 3 nitrogen and oxygen atoms in total. The Morgan fingerprint density at radius 2 is 2.09 bits per heavy atom. The second-order valence-electron chi connectivity index (χ2n) is 3.60. The molecule has 2 heterocycles. The van der Waals surface area contributed by atoms with Gasteiger partial charge in [0.25, 0.3) is 0 Å². The number of hydrogen-bond acceptors (Lipinski definition) is 2. The maximum Gasteiger partial charge on any atom is 0.225 e. The van der Waals surface area contributed by atoms with Crippen molar-refractivity contribution in [2.45, 2.75) is 24.8 Å². The molecule has 2 aliphatic rings. The van der Waals surface area contributed by atoms with Crippen molar-refractivity contribution in [2.24, 2.45) is 0 Å². The van der Waals surface area contributed by atoms with E-state index in [-0.39, 0.29) is 5.54 Å². The van der Waals surface area contributed by atoms with Crippen LogP contribution in [0.25, 0.3) is 0 Å². The molecule has 3 heteroatoms. The lowest BCUT2D eigenvalue weighted by Gasteiger charge is -2.52. The van der Waals surface area contributed by atoms with E-state index in [1.54, 1.807) is 0 Å². The number of rotatable bonds is 0. The topological polar surface area (TPSA) is 32.3 Å². The molecule has 2 rings (SSSR count). The van der Waals surface area contributed by atoms with Crippen LogP contribution < -0.4 is 5.32 Å². The molecule has 0 aromatic heterocycles. The van der Waals surface area contributed by atoms with E-state index in [0.29, 0.717) is 5.91 Å². The largest absolute Gasteiger partial charge is 0.339 e. The third-order valence-corrected chi connectivity index (χ3v) is 3.10. The summed E-state index contributed by atoms with van der Waals surface area (Å²) in [6.07, 6.45) is 3.05. The van der Waals surface area contributed by atoms with E-state index in [4.69, 9.17) is 0 Å². The minimum atomic E-state index is 0.252. The first-order chi connectivity index (χ1) is 5.25. The maximum atomic E-state index is 11.0. The summed E-state index contributed by atoms with van der Waals surface area (Å²) in [5, 5.41) is 3.31. The molecule has 1 N–H and O–H groups in total. The van der Waals surface area contributed by atoms with Gasteiger partial charge in [-0.2, -0.15) is 0 Å². The van der Waals surface area contributed by atoms with Gasteiger partial charge in [0.05, 0.1) is 12.0 Å². The summed E-state index contributed by atoms with van der Waals surface area (Å²) in [6, 6.07) is 0.